The molecule has 1 aromatic rings. The molecule has 0 atom stereocenters. The highest BCUT2D eigenvalue weighted by Crippen LogP contribution is 2.47. The lowest BCUT2D eigenvalue weighted by Crippen LogP contribution is -2.05. The summed E-state index contributed by atoms with van der Waals surface area (Å²) >= 11 is 4.42. The van der Waals surface area contributed by atoms with Crippen LogP contribution in [0.4, 0.5) is 0 Å². The normalized spacial score (nSPS) is 11.6. The van der Waals surface area contributed by atoms with Gasteiger partial charge in [-0.2, -0.15) is 0 Å². The molecule has 0 unspecified atom stereocenters. The van der Waals surface area contributed by atoms with E-state index in [0.717, 1.165) is 13.6 Å². The first-order valence-corrected chi connectivity index (χ1v) is 9.02. The van der Waals surface area contributed by atoms with Crippen LogP contribution in [-0.4, -0.2) is 8.34 Å². The lowest BCUT2D eigenvalue weighted by molar-refractivity contribution is 0.587. The summed E-state index contributed by atoms with van der Waals surface area (Å²) in [6.45, 7) is 2.04. The van der Waals surface area contributed by atoms with Gasteiger partial charge in [0.1, 0.15) is 7.14 Å². The van der Waals surface area contributed by atoms with Crippen molar-refractivity contribution in [1.29, 1.82) is 0 Å². The van der Waals surface area contributed by atoms with Crippen molar-refractivity contribution in [3.8, 4) is 0 Å². The van der Waals surface area contributed by atoms with Crippen molar-refractivity contribution >= 4 is 57.6 Å². The van der Waals surface area contributed by atoms with E-state index < -0.39 is 7.14 Å². The number of aryl methyl sites for hydroxylation is 1. The molecule has 0 radical (unpaired) electrons. The average Bonchev–Trinajstić information content (AvgIpc) is 2.18. The van der Waals surface area contributed by atoms with Crippen molar-refractivity contribution in [3.63, 3.8) is 0 Å². The fourth-order valence-corrected chi connectivity index (χ4v) is 8.60. The molecule has 0 fully saturated rings. The lowest BCUT2D eigenvalue weighted by atomic mass is 10.2. The first-order valence-electron chi connectivity index (χ1n) is 3.89. The van der Waals surface area contributed by atoms with Gasteiger partial charge in [-0.3, -0.25) is 0 Å². The molecule has 0 saturated heterocycles. The van der Waals surface area contributed by atoms with Crippen LogP contribution in [0.2, 0.25) is 0 Å². The van der Waals surface area contributed by atoms with Gasteiger partial charge in [-0.05, 0) is 6.92 Å². The van der Waals surface area contributed by atoms with Gasteiger partial charge in [0.25, 0.3) is 0 Å². The minimum Gasteiger partial charge on any atom is -0.317 e. The summed E-state index contributed by atoms with van der Waals surface area (Å²) in [4.78, 5) is 0. The predicted octanol–water partition coefficient (Wildman–Crippen LogP) is 3.77. The molecule has 0 N–H and O–H groups in total. The van der Waals surface area contributed by atoms with Crippen molar-refractivity contribution in [1.82, 2.24) is 0 Å². The Morgan fingerprint density at radius 2 is 1.62 bits per heavy atom. The van der Waals surface area contributed by atoms with E-state index in [1.807, 2.05) is 31.2 Å². The van der Waals surface area contributed by atoms with Gasteiger partial charge in [0.2, 0.25) is 0 Å². The Labute approximate surface area is 106 Å². The third-order valence-electron chi connectivity index (χ3n) is 1.89. The van der Waals surface area contributed by atoms with Crippen molar-refractivity contribution in [3.05, 3.63) is 29.8 Å². The molecule has 1 aromatic carbocycles. The number of rotatable bonds is 3. The fourth-order valence-electron chi connectivity index (χ4n) is 0.986. The van der Waals surface area contributed by atoms with Gasteiger partial charge in [0, 0.05) is 5.30 Å². The Kier molecular flexibility index (Phi) is 4.72. The van der Waals surface area contributed by atoms with Crippen LogP contribution in [0.25, 0.3) is 0 Å². The molecule has 13 heavy (non-hydrogen) atoms. The Bertz CT molecular complexity index is 313. The molecule has 0 heterocycles. The van der Waals surface area contributed by atoms with E-state index in [2.05, 4.69) is 45.2 Å². The number of benzene rings is 1. The van der Waals surface area contributed by atoms with Gasteiger partial charge in [0.05, 0.1) is 8.34 Å². The van der Waals surface area contributed by atoms with Crippen molar-refractivity contribution in [2.24, 2.45) is 0 Å². The summed E-state index contributed by atoms with van der Waals surface area (Å²) in [5, 5.41) is 1.02. The quantitative estimate of drug-likeness (QED) is 0.414. The first-order chi connectivity index (χ1) is 6.12. The molecular weight excluding hydrogens is 409 g/mol. The number of alkyl halides is 2. The highest BCUT2D eigenvalue weighted by molar-refractivity contribution is 14.1. The minimum atomic E-state index is -2.08. The van der Waals surface area contributed by atoms with E-state index in [1.54, 1.807) is 0 Å². The number of hydrogen-bond acceptors (Lipinski definition) is 1. The predicted molar refractivity (Wildman–Crippen MR) is 76.2 cm³/mol. The van der Waals surface area contributed by atoms with Crippen LogP contribution in [0, 0.1) is 6.92 Å². The van der Waals surface area contributed by atoms with Crippen LogP contribution < -0.4 is 5.30 Å². The Morgan fingerprint density at radius 3 is 2.00 bits per heavy atom. The SMILES string of the molecule is Cc1ccc(P(=O)(CI)CI)cc1. The molecule has 0 aliphatic rings. The van der Waals surface area contributed by atoms with Crippen molar-refractivity contribution in [2.45, 2.75) is 6.92 Å². The average molecular weight is 420 g/mol. The number of halogens is 2. The molecule has 0 aliphatic heterocycles. The van der Waals surface area contributed by atoms with E-state index in [4.69, 9.17) is 0 Å². The molecular formula is C9H11I2OP. The van der Waals surface area contributed by atoms with Crippen LogP contribution >= 0.6 is 52.3 Å². The van der Waals surface area contributed by atoms with Crippen LogP contribution in [-0.2, 0) is 4.57 Å². The summed E-state index contributed by atoms with van der Waals surface area (Å²) in [6.07, 6.45) is 0. The highest BCUT2D eigenvalue weighted by Gasteiger charge is 2.20. The van der Waals surface area contributed by atoms with Gasteiger partial charge in [0.15, 0.2) is 0 Å². The molecule has 0 aromatic heterocycles. The summed E-state index contributed by atoms with van der Waals surface area (Å²) in [5.74, 6) is 0. The first kappa shape index (κ1) is 12.0. The second-order valence-electron chi connectivity index (χ2n) is 2.96. The van der Waals surface area contributed by atoms with Crippen LogP contribution in [0.1, 0.15) is 5.56 Å². The summed E-state index contributed by atoms with van der Waals surface area (Å²) in [7, 11) is -2.08. The van der Waals surface area contributed by atoms with Crippen LogP contribution in [0.5, 0.6) is 0 Å². The largest absolute Gasteiger partial charge is 0.317 e. The van der Waals surface area contributed by atoms with E-state index in [9.17, 15) is 4.57 Å². The Morgan fingerprint density at radius 1 is 1.15 bits per heavy atom. The second kappa shape index (κ2) is 5.12. The molecule has 72 valence electrons. The highest BCUT2D eigenvalue weighted by atomic mass is 127. The Balaban J connectivity index is 3.07. The van der Waals surface area contributed by atoms with Crippen LogP contribution in [0.3, 0.4) is 0 Å². The molecule has 0 spiro atoms. The van der Waals surface area contributed by atoms with E-state index in [1.165, 1.54) is 5.56 Å². The van der Waals surface area contributed by atoms with Gasteiger partial charge in [-0.25, -0.2) is 0 Å². The summed E-state index contributed by atoms with van der Waals surface area (Å²) in [6, 6.07) is 8.04. The zero-order chi connectivity index (χ0) is 9.90. The monoisotopic (exact) mass is 420 g/mol. The third kappa shape index (κ3) is 2.93. The van der Waals surface area contributed by atoms with Crippen molar-refractivity contribution in [2.75, 3.05) is 8.34 Å². The van der Waals surface area contributed by atoms with Crippen LogP contribution in [0.15, 0.2) is 24.3 Å². The Hall–Kier alpha value is 0.910. The van der Waals surface area contributed by atoms with E-state index >= 15 is 0 Å². The molecule has 0 aliphatic carbocycles. The molecule has 1 nitrogen and oxygen atoms in total. The third-order valence-corrected chi connectivity index (χ3v) is 10.5. The second-order valence-corrected chi connectivity index (χ2v) is 9.83. The van der Waals surface area contributed by atoms with Gasteiger partial charge in [-0.15, -0.1) is 0 Å². The maximum absolute atomic E-state index is 12.2. The maximum Gasteiger partial charge on any atom is 0.134 e. The molecule has 4 heteroatoms. The molecule has 1 rings (SSSR count). The van der Waals surface area contributed by atoms with Gasteiger partial charge >= 0.3 is 0 Å². The molecule has 0 amide bonds. The standard InChI is InChI=1S/C9H11I2OP/c1-8-2-4-9(5-3-8)13(12,6-10)7-11/h2-5H,6-7H2,1H3. The minimum absolute atomic E-state index is 0.733. The maximum atomic E-state index is 12.2. The number of hydrogen-bond donors (Lipinski definition) is 0. The molecule has 0 saturated carbocycles. The van der Waals surface area contributed by atoms with Gasteiger partial charge in [-0.1, -0.05) is 75.0 Å². The smallest absolute Gasteiger partial charge is 0.134 e. The topological polar surface area (TPSA) is 17.1 Å². The zero-order valence-corrected chi connectivity index (χ0v) is 12.5. The lowest BCUT2D eigenvalue weighted by Gasteiger charge is -2.12. The summed E-state index contributed by atoms with van der Waals surface area (Å²) < 4.78 is 13.7. The van der Waals surface area contributed by atoms with Gasteiger partial charge < -0.3 is 4.57 Å². The van der Waals surface area contributed by atoms with E-state index in [0.29, 0.717) is 0 Å². The molecule has 0 bridgehead atoms. The summed E-state index contributed by atoms with van der Waals surface area (Å²) in [5.41, 5.74) is 1.22. The van der Waals surface area contributed by atoms with E-state index in [-0.39, 0.29) is 0 Å². The fraction of sp³-hybridized carbons (Fsp3) is 0.333. The zero-order valence-electron chi connectivity index (χ0n) is 7.34. The van der Waals surface area contributed by atoms with Crippen molar-refractivity contribution < 1.29 is 4.57 Å².